The zero-order valence-electron chi connectivity index (χ0n) is 13.5. The highest BCUT2D eigenvalue weighted by Gasteiger charge is 2.34. The number of hydrogen-bond acceptors (Lipinski definition) is 4. The molecule has 0 radical (unpaired) electrons. The van der Waals surface area contributed by atoms with Crippen LogP contribution in [0.15, 0.2) is 21.7 Å². The molecule has 0 saturated carbocycles. The van der Waals surface area contributed by atoms with Gasteiger partial charge in [-0.1, -0.05) is 13.0 Å². The van der Waals surface area contributed by atoms with Gasteiger partial charge in [0, 0.05) is 32.1 Å². The number of piperidine rings is 2. The van der Waals surface area contributed by atoms with E-state index in [4.69, 9.17) is 0 Å². The minimum Gasteiger partial charge on any atom is -0.342 e. The molecular weight excluding hydrogens is 332 g/mol. The third kappa shape index (κ3) is 3.61. The number of amides is 1. The van der Waals surface area contributed by atoms with Crippen LogP contribution < -0.4 is 0 Å². The summed E-state index contributed by atoms with van der Waals surface area (Å²) in [6.07, 6.45) is 3.54. The summed E-state index contributed by atoms with van der Waals surface area (Å²) >= 11 is 1.25. The first kappa shape index (κ1) is 16.9. The van der Waals surface area contributed by atoms with Crippen molar-refractivity contribution in [2.75, 3.05) is 26.2 Å². The van der Waals surface area contributed by atoms with Crippen molar-refractivity contribution in [3.05, 3.63) is 17.5 Å². The van der Waals surface area contributed by atoms with E-state index in [1.807, 2.05) is 4.90 Å². The van der Waals surface area contributed by atoms with Crippen LogP contribution in [0.2, 0.25) is 0 Å². The Kier molecular flexibility index (Phi) is 5.08. The fourth-order valence-corrected chi connectivity index (χ4v) is 6.14. The maximum atomic E-state index is 12.6. The minimum absolute atomic E-state index is 0.0184. The Balaban J connectivity index is 1.59. The van der Waals surface area contributed by atoms with Crippen molar-refractivity contribution in [2.24, 2.45) is 11.8 Å². The summed E-state index contributed by atoms with van der Waals surface area (Å²) in [4.78, 5) is 14.6. The standard InChI is InChI=1S/C16H24N2O3S2/c1-13-4-2-8-17(12-13)16(19)14-6-9-18(10-7-14)23(20,21)15-5-3-11-22-15/h3,5,11,13-14H,2,4,6-10,12H2,1H3/t13-/m1/s1. The third-order valence-corrected chi connectivity index (χ3v) is 8.13. The molecule has 5 nitrogen and oxygen atoms in total. The van der Waals surface area contributed by atoms with Gasteiger partial charge >= 0.3 is 0 Å². The van der Waals surface area contributed by atoms with Crippen LogP contribution in [-0.4, -0.2) is 49.7 Å². The van der Waals surface area contributed by atoms with Crippen LogP contribution in [0, 0.1) is 11.8 Å². The minimum atomic E-state index is -3.37. The highest BCUT2D eigenvalue weighted by atomic mass is 32.2. The average molecular weight is 357 g/mol. The first-order valence-electron chi connectivity index (χ1n) is 8.31. The molecule has 1 aromatic rings. The van der Waals surface area contributed by atoms with Gasteiger partial charge in [-0.3, -0.25) is 4.79 Å². The van der Waals surface area contributed by atoms with Gasteiger partial charge in [0.2, 0.25) is 5.91 Å². The summed E-state index contributed by atoms with van der Waals surface area (Å²) in [5.74, 6) is 0.784. The number of carbonyl (C=O) groups is 1. The van der Waals surface area contributed by atoms with E-state index in [1.165, 1.54) is 22.1 Å². The fraction of sp³-hybridized carbons (Fsp3) is 0.688. The number of rotatable bonds is 3. The van der Waals surface area contributed by atoms with Crippen molar-refractivity contribution >= 4 is 27.3 Å². The summed E-state index contributed by atoms with van der Waals surface area (Å²) in [5, 5.41) is 1.78. The monoisotopic (exact) mass is 356 g/mol. The normalized spacial score (nSPS) is 24.7. The summed E-state index contributed by atoms with van der Waals surface area (Å²) < 4.78 is 26.9. The average Bonchev–Trinajstić information content (AvgIpc) is 3.09. The van der Waals surface area contributed by atoms with E-state index in [2.05, 4.69) is 6.92 Å². The van der Waals surface area contributed by atoms with Crippen molar-refractivity contribution in [2.45, 2.75) is 36.8 Å². The zero-order valence-corrected chi connectivity index (χ0v) is 15.1. The fourth-order valence-electron chi connectivity index (χ4n) is 3.53. The summed E-state index contributed by atoms with van der Waals surface area (Å²) in [5.41, 5.74) is 0. The predicted octanol–water partition coefficient (Wildman–Crippen LogP) is 2.41. The lowest BCUT2D eigenvalue weighted by molar-refractivity contribution is -0.138. The smallest absolute Gasteiger partial charge is 0.252 e. The van der Waals surface area contributed by atoms with Gasteiger partial charge in [-0.25, -0.2) is 8.42 Å². The Hall–Kier alpha value is -0.920. The van der Waals surface area contributed by atoms with E-state index in [9.17, 15) is 13.2 Å². The summed E-state index contributed by atoms with van der Waals surface area (Å²) in [7, 11) is -3.37. The molecule has 0 spiro atoms. The van der Waals surface area contributed by atoms with Crippen molar-refractivity contribution < 1.29 is 13.2 Å². The van der Waals surface area contributed by atoms with Crippen molar-refractivity contribution in [3.8, 4) is 0 Å². The van der Waals surface area contributed by atoms with Crippen LogP contribution in [0.5, 0.6) is 0 Å². The first-order valence-corrected chi connectivity index (χ1v) is 10.6. The lowest BCUT2D eigenvalue weighted by Gasteiger charge is -2.36. The van der Waals surface area contributed by atoms with E-state index in [0.29, 0.717) is 36.1 Å². The number of hydrogen-bond donors (Lipinski definition) is 0. The quantitative estimate of drug-likeness (QED) is 0.836. The molecule has 128 valence electrons. The molecule has 3 rings (SSSR count). The molecule has 2 aliphatic rings. The lowest BCUT2D eigenvalue weighted by Crippen LogP contribution is -2.46. The van der Waals surface area contributed by atoms with E-state index in [0.717, 1.165) is 19.5 Å². The Labute approximate surface area is 142 Å². The number of nitrogens with zero attached hydrogens (tertiary/aromatic N) is 2. The van der Waals surface area contributed by atoms with Crippen LogP contribution >= 0.6 is 11.3 Å². The molecule has 1 amide bonds. The Morgan fingerprint density at radius 3 is 2.57 bits per heavy atom. The second-order valence-corrected chi connectivity index (χ2v) is 9.75. The van der Waals surface area contributed by atoms with Crippen LogP contribution in [0.3, 0.4) is 0 Å². The second-order valence-electron chi connectivity index (χ2n) is 6.64. The molecule has 23 heavy (non-hydrogen) atoms. The van der Waals surface area contributed by atoms with Gasteiger partial charge in [-0.15, -0.1) is 11.3 Å². The van der Waals surface area contributed by atoms with Crippen molar-refractivity contribution in [1.82, 2.24) is 9.21 Å². The van der Waals surface area contributed by atoms with Gasteiger partial charge in [-0.2, -0.15) is 4.31 Å². The molecule has 0 bridgehead atoms. The summed E-state index contributed by atoms with van der Waals surface area (Å²) in [6.45, 7) is 4.79. The molecule has 2 saturated heterocycles. The van der Waals surface area contributed by atoms with Crippen molar-refractivity contribution in [1.29, 1.82) is 0 Å². The maximum absolute atomic E-state index is 12.6. The molecule has 7 heteroatoms. The third-order valence-electron chi connectivity index (χ3n) is 4.86. The molecule has 0 N–H and O–H groups in total. The Bertz CT molecular complexity index is 634. The highest BCUT2D eigenvalue weighted by Crippen LogP contribution is 2.28. The number of thiophene rings is 1. The molecule has 1 atom stereocenters. The molecule has 1 aromatic heterocycles. The SMILES string of the molecule is C[C@@H]1CCCN(C(=O)C2CCN(S(=O)(=O)c3cccs3)CC2)C1. The van der Waals surface area contributed by atoms with Gasteiger partial charge in [-0.05, 0) is 43.0 Å². The number of carbonyl (C=O) groups excluding carboxylic acids is 1. The molecule has 3 heterocycles. The maximum Gasteiger partial charge on any atom is 0.252 e. The second kappa shape index (κ2) is 6.91. The highest BCUT2D eigenvalue weighted by molar-refractivity contribution is 7.91. The van der Waals surface area contributed by atoms with Crippen LogP contribution in [0.25, 0.3) is 0 Å². The predicted molar refractivity (Wildman–Crippen MR) is 90.8 cm³/mol. The van der Waals surface area contributed by atoms with Crippen LogP contribution in [-0.2, 0) is 14.8 Å². The Morgan fingerprint density at radius 1 is 1.22 bits per heavy atom. The van der Waals surface area contributed by atoms with E-state index < -0.39 is 10.0 Å². The summed E-state index contributed by atoms with van der Waals surface area (Å²) in [6, 6.07) is 3.40. The molecular formula is C16H24N2O3S2. The van der Waals surface area contributed by atoms with Crippen LogP contribution in [0.4, 0.5) is 0 Å². The topological polar surface area (TPSA) is 57.7 Å². The van der Waals surface area contributed by atoms with Crippen molar-refractivity contribution in [3.63, 3.8) is 0 Å². The molecule has 2 fully saturated rings. The molecule has 0 unspecified atom stereocenters. The number of likely N-dealkylation sites (tertiary alicyclic amines) is 1. The van der Waals surface area contributed by atoms with Crippen LogP contribution in [0.1, 0.15) is 32.6 Å². The van der Waals surface area contributed by atoms with Gasteiger partial charge < -0.3 is 4.90 Å². The van der Waals surface area contributed by atoms with Gasteiger partial charge in [0.25, 0.3) is 10.0 Å². The Morgan fingerprint density at radius 2 is 1.96 bits per heavy atom. The zero-order chi connectivity index (χ0) is 16.4. The van der Waals surface area contributed by atoms with E-state index in [1.54, 1.807) is 17.5 Å². The largest absolute Gasteiger partial charge is 0.342 e. The van der Waals surface area contributed by atoms with E-state index in [-0.39, 0.29) is 11.8 Å². The number of sulfonamides is 1. The molecule has 0 aromatic carbocycles. The molecule has 2 aliphatic heterocycles. The van der Waals surface area contributed by atoms with Gasteiger partial charge in [0.05, 0.1) is 0 Å². The van der Waals surface area contributed by atoms with Gasteiger partial charge in [0.1, 0.15) is 4.21 Å². The first-order chi connectivity index (χ1) is 11.0. The lowest BCUT2D eigenvalue weighted by atomic mass is 9.93. The van der Waals surface area contributed by atoms with E-state index >= 15 is 0 Å². The molecule has 0 aliphatic carbocycles. The van der Waals surface area contributed by atoms with Gasteiger partial charge in [0.15, 0.2) is 0 Å².